The predicted molar refractivity (Wildman–Crippen MR) is 86.2 cm³/mol. The summed E-state index contributed by atoms with van der Waals surface area (Å²) in [7, 11) is -0.281. The molecule has 0 spiro atoms. The first-order valence-corrected chi connectivity index (χ1v) is 10.9. The van der Waals surface area contributed by atoms with Crippen molar-refractivity contribution >= 4 is 23.4 Å². The molecule has 0 bridgehead atoms. The molecule has 0 unspecified atom stereocenters. The van der Waals surface area contributed by atoms with Gasteiger partial charge in [-0.3, -0.25) is 0 Å². The minimum atomic E-state index is -0.281. The van der Waals surface area contributed by atoms with Crippen LogP contribution in [0.2, 0.25) is 5.04 Å². The summed E-state index contributed by atoms with van der Waals surface area (Å²) < 4.78 is 0. The first kappa shape index (κ1) is 13.6. The zero-order chi connectivity index (χ0) is 13.0. The van der Waals surface area contributed by atoms with Gasteiger partial charge < -0.3 is 0 Å². The molecule has 0 aromatic heterocycles. The standard InChI is InChI=1S/C16H19BrSi/c1-16(2,18-17)15(13-9-5-3-6-10-13)14-11-7-4-8-12-14/h3-12,15H,18H2,1-2H3. The van der Waals surface area contributed by atoms with E-state index in [1.54, 1.807) is 0 Å². The maximum Gasteiger partial charge on any atom is 0.105 e. The smallest absolute Gasteiger partial charge is 0.105 e. The van der Waals surface area contributed by atoms with Gasteiger partial charge in [0.25, 0.3) is 0 Å². The minimum Gasteiger partial charge on any atom is -0.135 e. The summed E-state index contributed by atoms with van der Waals surface area (Å²) in [6.07, 6.45) is 0. The highest BCUT2D eigenvalue weighted by Crippen LogP contribution is 2.46. The average Bonchev–Trinajstić information content (AvgIpc) is 2.41. The van der Waals surface area contributed by atoms with E-state index < -0.39 is 0 Å². The second-order valence-electron chi connectivity index (χ2n) is 5.38. The van der Waals surface area contributed by atoms with Gasteiger partial charge in [0, 0.05) is 5.92 Å². The second-order valence-corrected chi connectivity index (χ2v) is 9.15. The fourth-order valence-electron chi connectivity index (χ4n) is 2.46. The molecular formula is C16H19BrSi. The van der Waals surface area contributed by atoms with Crippen LogP contribution in [-0.4, -0.2) is 8.14 Å². The van der Waals surface area contributed by atoms with Gasteiger partial charge in [-0.25, -0.2) is 0 Å². The van der Waals surface area contributed by atoms with Crippen molar-refractivity contribution in [3.8, 4) is 0 Å². The number of benzene rings is 2. The Balaban J connectivity index is 2.49. The molecule has 0 aliphatic rings. The third-order valence-electron chi connectivity index (χ3n) is 3.39. The van der Waals surface area contributed by atoms with Crippen LogP contribution < -0.4 is 0 Å². The van der Waals surface area contributed by atoms with E-state index >= 15 is 0 Å². The molecule has 2 rings (SSSR count). The van der Waals surface area contributed by atoms with Crippen LogP contribution in [0, 0.1) is 0 Å². The van der Waals surface area contributed by atoms with Crippen molar-refractivity contribution in [3.63, 3.8) is 0 Å². The monoisotopic (exact) mass is 318 g/mol. The van der Waals surface area contributed by atoms with Crippen molar-refractivity contribution < 1.29 is 0 Å². The third kappa shape index (κ3) is 2.93. The summed E-state index contributed by atoms with van der Waals surface area (Å²) in [5, 5.41) is 0.322. The zero-order valence-corrected chi connectivity index (χ0v) is 13.9. The molecule has 2 heteroatoms. The molecule has 0 heterocycles. The molecule has 0 aliphatic carbocycles. The molecule has 2 aromatic rings. The average molecular weight is 319 g/mol. The van der Waals surface area contributed by atoms with Crippen molar-refractivity contribution in [2.45, 2.75) is 24.8 Å². The van der Waals surface area contributed by atoms with Crippen LogP contribution in [0.3, 0.4) is 0 Å². The van der Waals surface area contributed by atoms with Crippen molar-refractivity contribution in [2.24, 2.45) is 0 Å². The zero-order valence-electron chi connectivity index (χ0n) is 10.9. The molecule has 18 heavy (non-hydrogen) atoms. The summed E-state index contributed by atoms with van der Waals surface area (Å²) in [5.41, 5.74) is 2.83. The van der Waals surface area contributed by atoms with Gasteiger partial charge >= 0.3 is 0 Å². The Morgan fingerprint density at radius 3 is 1.56 bits per heavy atom. The number of halogens is 1. The Hall–Kier alpha value is -0.863. The molecule has 0 nitrogen and oxygen atoms in total. The highest BCUT2D eigenvalue weighted by atomic mass is 79.9. The van der Waals surface area contributed by atoms with Crippen molar-refractivity contribution in [1.82, 2.24) is 0 Å². The van der Waals surface area contributed by atoms with Crippen molar-refractivity contribution in [2.75, 3.05) is 0 Å². The van der Waals surface area contributed by atoms with Crippen LogP contribution in [0.15, 0.2) is 60.7 Å². The lowest BCUT2D eigenvalue weighted by Gasteiger charge is -2.33. The molecule has 0 N–H and O–H groups in total. The predicted octanol–water partition coefficient (Wildman–Crippen LogP) is 4.50. The lowest BCUT2D eigenvalue weighted by molar-refractivity contribution is 0.588. The van der Waals surface area contributed by atoms with Crippen LogP contribution in [0.5, 0.6) is 0 Å². The summed E-state index contributed by atoms with van der Waals surface area (Å²) in [6, 6.07) is 21.7. The molecular weight excluding hydrogens is 300 g/mol. The Morgan fingerprint density at radius 2 is 1.22 bits per heavy atom. The molecule has 2 aromatic carbocycles. The van der Waals surface area contributed by atoms with E-state index in [1.165, 1.54) is 11.1 Å². The second kappa shape index (κ2) is 5.85. The summed E-state index contributed by atoms with van der Waals surface area (Å²) in [5.74, 6) is 0.478. The maximum absolute atomic E-state index is 3.81. The summed E-state index contributed by atoms with van der Waals surface area (Å²) >= 11 is 3.81. The fraction of sp³-hybridized carbons (Fsp3) is 0.250. The highest BCUT2D eigenvalue weighted by molar-refractivity contribution is 9.23. The largest absolute Gasteiger partial charge is 0.135 e. The van der Waals surface area contributed by atoms with Gasteiger partial charge in [0.2, 0.25) is 0 Å². The molecule has 0 saturated carbocycles. The van der Waals surface area contributed by atoms with E-state index in [0.717, 1.165) is 0 Å². The minimum absolute atomic E-state index is 0.281. The molecule has 0 atom stereocenters. The molecule has 0 amide bonds. The van der Waals surface area contributed by atoms with E-state index in [4.69, 9.17) is 0 Å². The van der Waals surface area contributed by atoms with E-state index in [0.29, 0.717) is 11.0 Å². The first-order valence-electron chi connectivity index (χ1n) is 6.31. The van der Waals surface area contributed by atoms with Crippen LogP contribution in [-0.2, 0) is 0 Å². The quantitative estimate of drug-likeness (QED) is 0.575. The molecule has 0 fully saturated rings. The summed E-state index contributed by atoms with van der Waals surface area (Å²) in [4.78, 5) is 0. The Labute approximate surface area is 120 Å². The van der Waals surface area contributed by atoms with E-state index in [-0.39, 0.29) is 8.14 Å². The van der Waals surface area contributed by atoms with Gasteiger partial charge in [-0.1, -0.05) is 74.5 Å². The van der Waals surface area contributed by atoms with Gasteiger partial charge in [-0.2, -0.15) is 0 Å². The van der Waals surface area contributed by atoms with Crippen LogP contribution >= 0.6 is 15.3 Å². The lowest BCUT2D eigenvalue weighted by atomic mass is 9.82. The number of hydrogen-bond donors (Lipinski definition) is 0. The van der Waals surface area contributed by atoms with E-state index in [9.17, 15) is 0 Å². The fourth-order valence-corrected chi connectivity index (χ4v) is 4.06. The van der Waals surface area contributed by atoms with E-state index in [2.05, 4.69) is 89.8 Å². The molecule has 0 saturated heterocycles. The van der Waals surface area contributed by atoms with Crippen molar-refractivity contribution in [3.05, 3.63) is 71.8 Å². The Kier molecular flexibility index (Phi) is 4.41. The summed E-state index contributed by atoms with van der Waals surface area (Å²) in [6.45, 7) is 4.75. The topological polar surface area (TPSA) is 0 Å². The van der Waals surface area contributed by atoms with Gasteiger partial charge in [-0.05, 0) is 16.2 Å². The molecule has 94 valence electrons. The molecule has 0 aliphatic heterocycles. The maximum atomic E-state index is 3.81. The van der Waals surface area contributed by atoms with Crippen LogP contribution in [0.25, 0.3) is 0 Å². The van der Waals surface area contributed by atoms with Gasteiger partial charge in [0.05, 0.1) is 0 Å². The van der Waals surface area contributed by atoms with Crippen molar-refractivity contribution in [1.29, 1.82) is 0 Å². The van der Waals surface area contributed by atoms with E-state index in [1.807, 2.05) is 0 Å². The van der Waals surface area contributed by atoms with Crippen LogP contribution in [0.4, 0.5) is 0 Å². The number of hydrogen-bond acceptors (Lipinski definition) is 0. The van der Waals surface area contributed by atoms with Gasteiger partial charge in [0.15, 0.2) is 0 Å². The molecule has 0 radical (unpaired) electrons. The lowest BCUT2D eigenvalue weighted by Crippen LogP contribution is -2.20. The van der Waals surface area contributed by atoms with Crippen LogP contribution in [0.1, 0.15) is 30.9 Å². The Bertz CT molecular complexity index is 439. The van der Waals surface area contributed by atoms with Gasteiger partial charge in [0.1, 0.15) is 8.14 Å². The normalized spacial score (nSPS) is 12.4. The Morgan fingerprint density at radius 1 is 0.833 bits per heavy atom. The SMILES string of the molecule is CC(C)([SiH2]Br)C(c1ccccc1)c1ccccc1. The number of rotatable bonds is 4. The first-order chi connectivity index (χ1) is 8.65. The highest BCUT2D eigenvalue weighted by Gasteiger charge is 2.31. The third-order valence-corrected chi connectivity index (χ3v) is 8.82. The van der Waals surface area contributed by atoms with Gasteiger partial charge in [-0.15, -0.1) is 15.3 Å².